The van der Waals surface area contributed by atoms with E-state index in [1.165, 1.54) is 66.4 Å². The van der Waals surface area contributed by atoms with Gasteiger partial charge in [-0.05, 0) is 109 Å². The number of furan rings is 1. The van der Waals surface area contributed by atoms with Crippen molar-refractivity contribution in [2.45, 2.75) is 38.5 Å². The van der Waals surface area contributed by atoms with Gasteiger partial charge in [0.1, 0.15) is 11.2 Å². The Labute approximate surface area is 315 Å². The molecule has 0 unspecified atom stereocenters. The molecule has 0 fully saturated rings. The van der Waals surface area contributed by atoms with Gasteiger partial charge in [0.25, 0.3) is 0 Å². The normalized spacial score (nSPS) is 14.6. The molecule has 0 saturated heterocycles. The molecule has 0 N–H and O–H groups in total. The highest BCUT2D eigenvalue weighted by Gasteiger charge is 2.37. The van der Waals surface area contributed by atoms with Gasteiger partial charge in [-0.25, -0.2) is 0 Å². The van der Waals surface area contributed by atoms with E-state index in [4.69, 9.17) is 4.42 Å². The lowest BCUT2D eigenvalue weighted by atomic mass is 9.82. The number of fused-ring (bicyclic) bond motifs is 11. The lowest BCUT2D eigenvalue weighted by Crippen LogP contribution is -2.17. The van der Waals surface area contributed by atoms with E-state index in [-0.39, 0.29) is 10.8 Å². The smallest absolute Gasteiger partial charge is 0.137 e. The number of anilines is 3. The van der Waals surface area contributed by atoms with E-state index >= 15 is 0 Å². The van der Waals surface area contributed by atoms with Crippen LogP contribution in [-0.2, 0) is 10.8 Å². The van der Waals surface area contributed by atoms with Gasteiger partial charge in [-0.1, -0.05) is 143 Å². The predicted molar refractivity (Wildman–Crippen MR) is 226 cm³/mol. The van der Waals surface area contributed by atoms with Crippen molar-refractivity contribution in [1.82, 2.24) is 0 Å². The van der Waals surface area contributed by atoms with E-state index in [2.05, 4.69) is 196 Å². The molecule has 2 nitrogen and oxygen atoms in total. The van der Waals surface area contributed by atoms with Crippen LogP contribution in [0.25, 0.3) is 66.1 Å². The fraction of sp³-hybridized carbons (Fsp3) is 0.115. The molecule has 258 valence electrons. The Morgan fingerprint density at radius 1 is 0.370 bits per heavy atom. The lowest BCUT2D eigenvalue weighted by Gasteiger charge is -2.29. The topological polar surface area (TPSA) is 16.4 Å². The summed E-state index contributed by atoms with van der Waals surface area (Å²) in [6.45, 7) is 9.40. The molecule has 0 saturated carbocycles. The number of nitrogens with zero attached hydrogens (tertiary/aromatic N) is 1. The van der Waals surface area contributed by atoms with Crippen molar-refractivity contribution < 1.29 is 4.42 Å². The average Bonchev–Trinajstić information content (AvgIpc) is 3.77. The highest BCUT2D eigenvalue weighted by molar-refractivity contribution is 6.22. The van der Waals surface area contributed by atoms with Crippen LogP contribution in [0, 0.1) is 0 Å². The van der Waals surface area contributed by atoms with Crippen molar-refractivity contribution in [3.05, 3.63) is 186 Å². The molecule has 1 aromatic heterocycles. The molecule has 0 radical (unpaired) electrons. The molecule has 0 spiro atoms. The fourth-order valence-electron chi connectivity index (χ4n) is 9.75. The van der Waals surface area contributed by atoms with Crippen LogP contribution < -0.4 is 4.90 Å². The SMILES string of the molecule is CC1(C)c2ccccc2-c2cc(N(c3ccc4c(c3)C(C)(C)c3ccccc3-4)c3ccc4c(c3)oc3cc(-c5ccccc5)c5ccccc5c34)ccc21. The Hall–Kier alpha value is -6.38. The standard InChI is InChI=1S/C52H39NO/c1-51(2)45-21-13-11-18-38(45)43-28-33(24-27-46(43)51)53(34-22-25-39-37-17-10-12-20-44(37)52(3,4)47(39)29-34)35-23-26-41-48(30-35)54-49-31-42(32-14-6-5-7-15-32)36-16-8-9-19-40(36)50(41)49/h5-31H,1-4H3. The second-order valence-electron chi connectivity index (χ2n) is 16.1. The zero-order chi connectivity index (χ0) is 36.3. The van der Waals surface area contributed by atoms with Crippen molar-refractivity contribution in [3.8, 4) is 33.4 Å². The lowest BCUT2D eigenvalue weighted by molar-refractivity contribution is 0.660. The number of hydrogen-bond acceptors (Lipinski definition) is 2. The molecule has 0 atom stereocenters. The van der Waals surface area contributed by atoms with Crippen LogP contribution in [0.3, 0.4) is 0 Å². The van der Waals surface area contributed by atoms with Gasteiger partial charge in [0.15, 0.2) is 0 Å². The minimum Gasteiger partial charge on any atom is -0.456 e. The first-order chi connectivity index (χ1) is 26.3. The van der Waals surface area contributed by atoms with E-state index in [0.29, 0.717) is 0 Å². The van der Waals surface area contributed by atoms with E-state index in [9.17, 15) is 0 Å². The summed E-state index contributed by atoms with van der Waals surface area (Å²) in [7, 11) is 0. The molecular formula is C52H39NO. The molecule has 2 aliphatic carbocycles. The minimum absolute atomic E-state index is 0.0623. The van der Waals surface area contributed by atoms with E-state index in [1.807, 2.05) is 0 Å². The van der Waals surface area contributed by atoms with E-state index in [0.717, 1.165) is 39.0 Å². The zero-order valence-electron chi connectivity index (χ0n) is 30.9. The van der Waals surface area contributed by atoms with Gasteiger partial charge in [-0.3, -0.25) is 0 Å². The summed E-state index contributed by atoms with van der Waals surface area (Å²) in [6, 6.07) is 60.2. The van der Waals surface area contributed by atoms with Gasteiger partial charge in [-0.2, -0.15) is 0 Å². The van der Waals surface area contributed by atoms with Crippen LogP contribution in [0.5, 0.6) is 0 Å². The van der Waals surface area contributed by atoms with Gasteiger partial charge < -0.3 is 9.32 Å². The van der Waals surface area contributed by atoms with Crippen LogP contribution in [0.4, 0.5) is 17.1 Å². The maximum Gasteiger partial charge on any atom is 0.137 e. The summed E-state index contributed by atoms with van der Waals surface area (Å²) >= 11 is 0. The first kappa shape index (κ1) is 31.2. The van der Waals surface area contributed by atoms with Gasteiger partial charge in [-0.15, -0.1) is 0 Å². The molecular weight excluding hydrogens is 655 g/mol. The Morgan fingerprint density at radius 2 is 0.926 bits per heavy atom. The molecule has 0 amide bonds. The van der Waals surface area contributed by atoms with Crippen LogP contribution in [-0.4, -0.2) is 0 Å². The van der Waals surface area contributed by atoms with Crippen molar-refractivity contribution in [2.24, 2.45) is 0 Å². The molecule has 0 bridgehead atoms. The van der Waals surface area contributed by atoms with Crippen molar-refractivity contribution in [3.63, 3.8) is 0 Å². The summed E-state index contributed by atoms with van der Waals surface area (Å²) in [6.07, 6.45) is 0. The van der Waals surface area contributed by atoms with Gasteiger partial charge in [0.05, 0.1) is 0 Å². The van der Waals surface area contributed by atoms with Gasteiger partial charge in [0, 0.05) is 44.7 Å². The molecule has 8 aromatic carbocycles. The van der Waals surface area contributed by atoms with Crippen LogP contribution >= 0.6 is 0 Å². The maximum absolute atomic E-state index is 6.86. The van der Waals surface area contributed by atoms with Crippen LogP contribution in [0.1, 0.15) is 49.9 Å². The Kier molecular flexibility index (Phi) is 6.39. The van der Waals surface area contributed by atoms with E-state index in [1.54, 1.807) is 0 Å². The highest BCUT2D eigenvalue weighted by Crippen LogP contribution is 2.53. The molecule has 9 aromatic rings. The molecule has 2 aliphatic rings. The first-order valence-electron chi connectivity index (χ1n) is 19.0. The Balaban J connectivity index is 1.14. The minimum atomic E-state index is -0.116. The number of benzene rings is 8. The number of hydrogen-bond donors (Lipinski definition) is 0. The molecule has 11 rings (SSSR count). The predicted octanol–water partition coefficient (Wildman–Crippen LogP) is 14.5. The first-order valence-corrected chi connectivity index (χ1v) is 19.0. The quantitative estimate of drug-likeness (QED) is 0.182. The maximum atomic E-state index is 6.86. The summed E-state index contributed by atoms with van der Waals surface area (Å²) < 4.78 is 6.86. The van der Waals surface area contributed by atoms with Crippen LogP contribution in [0.2, 0.25) is 0 Å². The summed E-state index contributed by atoms with van der Waals surface area (Å²) in [4.78, 5) is 2.42. The third-order valence-corrected chi connectivity index (χ3v) is 12.5. The average molecular weight is 694 g/mol. The van der Waals surface area contributed by atoms with Crippen molar-refractivity contribution in [2.75, 3.05) is 4.90 Å². The van der Waals surface area contributed by atoms with Crippen molar-refractivity contribution >= 4 is 49.8 Å². The van der Waals surface area contributed by atoms with Gasteiger partial charge in [0.2, 0.25) is 0 Å². The Bertz CT molecular complexity index is 3000. The monoisotopic (exact) mass is 693 g/mol. The third kappa shape index (κ3) is 4.28. The second kappa shape index (κ2) is 11.1. The van der Waals surface area contributed by atoms with E-state index < -0.39 is 0 Å². The third-order valence-electron chi connectivity index (χ3n) is 12.5. The highest BCUT2D eigenvalue weighted by atomic mass is 16.3. The van der Waals surface area contributed by atoms with Crippen molar-refractivity contribution in [1.29, 1.82) is 0 Å². The van der Waals surface area contributed by atoms with Crippen LogP contribution in [0.15, 0.2) is 168 Å². The molecule has 1 heterocycles. The zero-order valence-corrected chi connectivity index (χ0v) is 30.9. The number of rotatable bonds is 4. The summed E-state index contributed by atoms with van der Waals surface area (Å²) in [5.41, 5.74) is 18.0. The summed E-state index contributed by atoms with van der Waals surface area (Å²) in [5, 5.41) is 4.72. The fourth-order valence-corrected chi connectivity index (χ4v) is 9.75. The summed E-state index contributed by atoms with van der Waals surface area (Å²) in [5.74, 6) is 0. The molecule has 54 heavy (non-hydrogen) atoms. The Morgan fingerprint density at radius 3 is 1.70 bits per heavy atom. The second-order valence-corrected chi connectivity index (χ2v) is 16.1. The molecule has 0 aliphatic heterocycles. The molecule has 2 heteroatoms. The van der Waals surface area contributed by atoms with Gasteiger partial charge >= 0.3 is 0 Å². The largest absolute Gasteiger partial charge is 0.456 e.